The molecule has 1 heterocycles. The Morgan fingerprint density at radius 2 is 0.850 bits per heavy atom. The third-order valence-corrected chi connectivity index (χ3v) is 9.38. The van der Waals surface area contributed by atoms with Crippen molar-refractivity contribution >= 4 is 33.3 Å². The summed E-state index contributed by atoms with van der Waals surface area (Å²) in [6.07, 6.45) is 0. The highest BCUT2D eigenvalue weighted by Crippen LogP contribution is 2.53. The van der Waals surface area contributed by atoms with Crippen LogP contribution in [0, 0.1) is 0 Å². The first-order valence-electron chi connectivity index (χ1n) is 13.8. The Morgan fingerprint density at radius 3 is 1.43 bits per heavy atom. The molecule has 0 unspecified atom stereocenters. The third kappa shape index (κ3) is 3.78. The van der Waals surface area contributed by atoms with Crippen molar-refractivity contribution in [3.8, 4) is 22.3 Å². The van der Waals surface area contributed by atoms with E-state index in [1.165, 1.54) is 70.3 Å². The van der Waals surface area contributed by atoms with Crippen LogP contribution in [0.3, 0.4) is 0 Å². The first-order valence-corrected chi connectivity index (χ1v) is 14.6. The second-order valence-corrected chi connectivity index (χ2v) is 11.5. The molecule has 0 atom stereocenters. The molecule has 7 aromatic carbocycles. The highest BCUT2D eigenvalue weighted by atomic mass is 32.2. The highest BCUT2D eigenvalue weighted by Gasteiger charge is 2.31. The molecule has 0 bridgehead atoms. The Labute approximate surface area is 239 Å². The monoisotopic (exact) mass is 526 g/mol. The molecular weight excluding hydrogens is 500 g/mol. The van der Waals surface area contributed by atoms with E-state index < -0.39 is 0 Å². The lowest BCUT2D eigenvalue weighted by molar-refractivity contribution is 0.926. The van der Waals surface area contributed by atoms with Gasteiger partial charge in [0.05, 0.1) is 0 Å². The molecule has 0 nitrogen and oxygen atoms in total. The molecular formula is C39H26S. The van der Waals surface area contributed by atoms with Gasteiger partial charge in [0.15, 0.2) is 0 Å². The molecule has 8 rings (SSSR count). The first kappa shape index (κ1) is 23.3. The third-order valence-electron chi connectivity index (χ3n) is 8.23. The van der Waals surface area contributed by atoms with Gasteiger partial charge in [0.2, 0.25) is 0 Å². The summed E-state index contributed by atoms with van der Waals surface area (Å²) in [7, 11) is 0. The zero-order valence-corrected chi connectivity index (χ0v) is 22.7. The number of rotatable bonds is 3. The van der Waals surface area contributed by atoms with Crippen molar-refractivity contribution in [2.75, 3.05) is 0 Å². The molecule has 0 amide bonds. The van der Waals surface area contributed by atoms with E-state index in [0.29, 0.717) is 0 Å². The molecule has 0 aliphatic carbocycles. The molecule has 0 radical (unpaired) electrons. The Morgan fingerprint density at radius 1 is 0.375 bits per heavy atom. The van der Waals surface area contributed by atoms with Gasteiger partial charge in [-0.3, -0.25) is 0 Å². The smallest absolute Gasteiger partial charge is 0.0374 e. The van der Waals surface area contributed by atoms with Crippen molar-refractivity contribution in [3.63, 3.8) is 0 Å². The van der Waals surface area contributed by atoms with Crippen molar-refractivity contribution in [1.29, 1.82) is 0 Å². The van der Waals surface area contributed by atoms with Crippen LogP contribution in [0.1, 0.15) is 22.6 Å². The van der Waals surface area contributed by atoms with Gasteiger partial charge in [-0.1, -0.05) is 151 Å². The molecule has 7 aromatic rings. The molecule has 1 aliphatic heterocycles. The second kappa shape index (κ2) is 9.55. The lowest BCUT2D eigenvalue weighted by Gasteiger charge is -2.31. The first-order chi connectivity index (χ1) is 19.8. The van der Waals surface area contributed by atoms with Crippen LogP contribution >= 0.6 is 11.8 Å². The maximum Gasteiger partial charge on any atom is 0.0374 e. The normalized spacial score (nSPS) is 12.8. The summed E-state index contributed by atoms with van der Waals surface area (Å²) in [4.78, 5) is 2.70. The van der Waals surface area contributed by atoms with Gasteiger partial charge in [-0.15, -0.1) is 0 Å². The molecule has 0 saturated carbocycles. The Hall–Kier alpha value is -4.59. The lowest BCUT2D eigenvalue weighted by Crippen LogP contribution is -2.11. The van der Waals surface area contributed by atoms with Crippen LogP contribution in [0.5, 0.6) is 0 Å². The van der Waals surface area contributed by atoms with Crippen LogP contribution < -0.4 is 0 Å². The molecule has 0 spiro atoms. The summed E-state index contributed by atoms with van der Waals surface area (Å²) in [6, 6.07) is 55.6. The summed E-state index contributed by atoms with van der Waals surface area (Å²) in [5, 5.41) is 5.28. The lowest BCUT2D eigenvalue weighted by atomic mass is 9.80. The van der Waals surface area contributed by atoms with E-state index in [1.807, 2.05) is 11.8 Å². The van der Waals surface area contributed by atoms with Gasteiger partial charge < -0.3 is 0 Å². The van der Waals surface area contributed by atoms with Gasteiger partial charge in [0.1, 0.15) is 0 Å². The molecule has 0 saturated heterocycles. The predicted molar refractivity (Wildman–Crippen MR) is 170 cm³/mol. The Bertz CT molecular complexity index is 1930. The summed E-state index contributed by atoms with van der Waals surface area (Å²) < 4.78 is 0. The fourth-order valence-electron chi connectivity index (χ4n) is 6.38. The van der Waals surface area contributed by atoms with Crippen molar-refractivity contribution in [1.82, 2.24) is 0 Å². The van der Waals surface area contributed by atoms with Crippen molar-refractivity contribution in [2.45, 2.75) is 15.7 Å². The van der Waals surface area contributed by atoms with E-state index in [9.17, 15) is 0 Å². The number of benzene rings is 7. The summed E-state index contributed by atoms with van der Waals surface area (Å²) >= 11 is 1.91. The van der Waals surface area contributed by atoms with Gasteiger partial charge in [0.25, 0.3) is 0 Å². The molecule has 0 fully saturated rings. The SMILES string of the molecule is c1ccc(-c2ccccc2-c2ccc(C3c4c(ccc5ccccc45)Sc4ccc5ccccc5c43)cc2)cc1. The average Bonchev–Trinajstić information content (AvgIpc) is 3.04. The Balaban J connectivity index is 1.34. The second-order valence-electron chi connectivity index (χ2n) is 10.5. The molecule has 1 heteroatoms. The Kier molecular flexibility index (Phi) is 5.57. The zero-order chi connectivity index (χ0) is 26.5. The quantitative estimate of drug-likeness (QED) is 0.221. The topological polar surface area (TPSA) is 0 Å². The maximum atomic E-state index is 2.36. The van der Waals surface area contributed by atoms with E-state index in [2.05, 4.69) is 152 Å². The fourth-order valence-corrected chi connectivity index (χ4v) is 7.56. The van der Waals surface area contributed by atoms with Crippen molar-refractivity contribution in [2.24, 2.45) is 0 Å². The standard InChI is InChI=1S/C39H26S/c1-2-10-26(11-3-1)31-14-8-9-15-32(31)29-18-20-30(21-19-29)37-38-33-16-6-4-12-27(33)22-24-35(38)40-36-25-23-28-13-5-7-17-34(28)39(36)37/h1-25,37H. The number of hydrogen-bond donors (Lipinski definition) is 0. The van der Waals surface area contributed by atoms with Gasteiger partial charge in [0, 0.05) is 15.7 Å². The van der Waals surface area contributed by atoms with Gasteiger partial charge in [-0.05, 0) is 72.6 Å². The molecule has 1 aliphatic rings. The van der Waals surface area contributed by atoms with E-state index in [0.717, 1.165) is 0 Å². The van der Waals surface area contributed by atoms with Crippen LogP contribution in [-0.2, 0) is 0 Å². The van der Waals surface area contributed by atoms with Crippen molar-refractivity contribution < 1.29 is 0 Å². The van der Waals surface area contributed by atoms with Gasteiger partial charge in [-0.25, -0.2) is 0 Å². The van der Waals surface area contributed by atoms with Gasteiger partial charge in [-0.2, -0.15) is 0 Å². The predicted octanol–water partition coefficient (Wildman–Crippen LogP) is 11.0. The minimum atomic E-state index is 0.155. The van der Waals surface area contributed by atoms with Crippen molar-refractivity contribution in [3.05, 3.63) is 168 Å². The van der Waals surface area contributed by atoms with Crippen LogP contribution in [-0.4, -0.2) is 0 Å². The van der Waals surface area contributed by atoms with Crippen LogP contribution in [0.2, 0.25) is 0 Å². The zero-order valence-electron chi connectivity index (χ0n) is 21.9. The minimum absolute atomic E-state index is 0.155. The van der Waals surface area contributed by atoms with E-state index in [-0.39, 0.29) is 5.92 Å². The van der Waals surface area contributed by atoms with Gasteiger partial charge >= 0.3 is 0 Å². The largest absolute Gasteiger partial charge is 0.0894 e. The maximum absolute atomic E-state index is 2.36. The number of fused-ring (bicyclic) bond motifs is 6. The van der Waals surface area contributed by atoms with Crippen LogP contribution in [0.4, 0.5) is 0 Å². The molecule has 40 heavy (non-hydrogen) atoms. The van der Waals surface area contributed by atoms with Crippen LogP contribution in [0.25, 0.3) is 43.8 Å². The van der Waals surface area contributed by atoms with E-state index >= 15 is 0 Å². The fraction of sp³-hybridized carbons (Fsp3) is 0.0256. The number of hydrogen-bond acceptors (Lipinski definition) is 1. The average molecular weight is 527 g/mol. The minimum Gasteiger partial charge on any atom is -0.0894 e. The van der Waals surface area contributed by atoms with E-state index in [4.69, 9.17) is 0 Å². The molecule has 0 N–H and O–H groups in total. The molecule has 0 aromatic heterocycles. The highest BCUT2D eigenvalue weighted by molar-refractivity contribution is 7.99. The van der Waals surface area contributed by atoms with Crippen LogP contribution in [0.15, 0.2) is 161 Å². The summed E-state index contributed by atoms with van der Waals surface area (Å²) in [5.74, 6) is 0.155. The molecule has 188 valence electrons. The van der Waals surface area contributed by atoms with E-state index in [1.54, 1.807) is 0 Å². The summed E-state index contributed by atoms with van der Waals surface area (Å²) in [6.45, 7) is 0. The summed E-state index contributed by atoms with van der Waals surface area (Å²) in [5.41, 5.74) is 9.18.